The van der Waals surface area contributed by atoms with Gasteiger partial charge in [0.25, 0.3) is 0 Å². The quantitative estimate of drug-likeness (QED) is 0.440. The van der Waals surface area contributed by atoms with Gasteiger partial charge in [-0.05, 0) is 97.7 Å². The second-order valence-corrected chi connectivity index (χ2v) is 13.4. The number of carbonyl (C=O) groups is 1. The van der Waals surface area contributed by atoms with Crippen LogP contribution in [-0.2, 0) is 9.53 Å². The van der Waals surface area contributed by atoms with Crippen LogP contribution in [0.2, 0.25) is 0 Å². The van der Waals surface area contributed by atoms with Crippen molar-refractivity contribution in [2.24, 2.45) is 46.3 Å². The Bertz CT molecular complexity index is 688. The maximum Gasteiger partial charge on any atom is 0.302 e. The number of fused-ring (bicyclic) bond motifs is 5. The van der Waals surface area contributed by atoms with Crippen molar-refractivity contribution in [3.63, 3.8) is 0 Å². The van der Waals surface area contributed by atoms with Crippen LogP contribution < -0.4 is 0 Å². The summed E-state index contributed by atoms with van der Waals surface area (Å²) in [7, 11) is 0. The van der Waals surface area contributed by atoms with Crippen LogP contribution >= 0.6 is 0 Å². The summed E-state index contributed by atoms with van der Waals surface area (Å²) in [5.41, 5.74) is -0.184. The minimum atomic E-state index is -0.664. The molecule has 32 heavy (non-hydrogen) atoms. The number of aliphatic hydroxyl groups is 1. The number of hydrogen-bond donors (Lipinski definition) is 1. The monoisotopic (exact) mass is 446 g/mol. The van der Waals surface area contributed by atoms with E-state index >= 15 is 0 Å². The first-order valence-corrected chi connectivity index (χ1v) is 13.9. The van der Waals surface area contributed by atoms with E-state index in [9.17, 15) is 9.90 Å². The van der Waals surface area contributed by atoms with E-state index in [1.807, 2.05) is 0 Å². The molecule has 9 atom stereocenters. The van der Waals surface area contributed by atoms with Crippen LogP contribution in [0, 0.1) is 46.3 Å². The first-order valence-electron chi connectivity index (χ1n) is 13.9. The van der Waals surface area contributed by atoms with E-state index in [4.69, 9.17) is 4.74 Å². The van der Waals surface area contributed by atoms with Crippen molar-refractivity contribution in [1.82, 2.24) is 0 Å². The summed E-state index contributed by atoms with van der Waals surface area (Å²) in [4.78, 5) is 11.5. The summed E-state index contributed by atoms with van der Waals surface area (Å²) < 4.78 is 5.56. The molecule has 0 bridgehead atoms. The van der Waals surface area contributed by atoms with E-state index in [1.54, 1.807) is 0 Å². The molecule has 0 aliphatic heterocycles. The lowest BCUT2D eigenvalue weighted by Crippen LogP contribution is -2.63. The number of rotatable bonds is 6. The van der Waals surface area contributed by atoms with Crippen LogP contribution in [0.15, 0.2) is 0 Å². The molecule has 3 heteroatoms. The zero-order valence-electron chi connectivity index (χ0n) is 21.8. The Morgan fingerprint density at radius 1 is 0.969 bits per heavy atom. The molecule has 0 unspecified atom stereocenters. The van der Waals surface area contributed by atoms with Crippen molar-refractivity contribution < 1.29 is 14.6 Å². The lowest BCUT2D eigenvalue weighted by atomic mass is 9.43. The van der Waals surface area contributed by atoms with Gasteiger partial charge in [-0.2, -0.15) is 0 Å². The zero-order chi connectivity index (χ0) is 23.3. The lowest BCUT2D eigenvalue weighted by molar-refractivity contribution is -0.224. The summed E-state index contributed by atoms with van der Waals surface area (Å²) >= 11 is 0. The maximum absolute atomic E-state index is 11.9. The molecule has 3 nitrogen and oxygen atoms in total. The fourth-order valence-corrected chi connectivity index (χ4v) is 9.57. The molecule has 0 saturated heterocycles. The molecule has 0 amide bonds. The smallest absolute Gasteiger partial charge is 0.302 e. The number of esters is 1. The largest absolute Gasteiger partial charge is 0.462 e. The van der Waals surface area contributed by atoms with E-state index in [1.165, 1.54) is 51.9 Å². The third-order valence-electron chi connectivity index (χ3n) is 11.3. The zero-order valence-corrected chi connectivity index (χ0v) is 21.8. The predicted octanol–water partition coefficient (Wildman–Crippen LogP) is 7.15. The molecule has 0 spiro atoms. The highest BCUT2D eigenvalue weighted by atomic mass is 16.5. The molecule has 0 aromatic carbocycles. The number of ether oxygens (including phenoxy) is 1. The molecule has 0 aromatic heterocycles. The van der Waals surface area contributed by atoms with Crippen molar-refractivity contribution >= 4 is 5.97 Å². The molecular formula is C29H50O3. The first-order chi connectivity index (χ1) is 15.0. The van der Waals surface area contributed by atoms with Crippen LogP contribution in [0.1, 0.15) is 119 Å². The van der Waals surface area contributed by atoms with Gasteiger partial charge in [0.2, 0.25) is 0 Å². The molecule has 0 radical (unpaired) electrons. The Morgan fingerprint density at radius 2 is 1.72 bits per heavy atom. The van der Waals surface area contributed by atoms with Crippen LogP contribution in [-0.4, -0.2) is 22.8 Å². The van der Waals surface area contributed by atoms with Gasteiger partial charge in [-0.25, -0.2) is 0 Å². The van der Waals surface area contributed by atoms with Crippen molar-refractivity contribution in [3.05, 3.63) is 0 Å². The summed E-state index contributed by atoms with van der Waals surface area (Å²) in [5.74, 6) is 4.59. The van der Waals surface area contributed by atoms with Crippen molar-refractivity contribution in [2.45, 2.75) is 130 Å². The van der Waals surface area contributed by atoms with E-state index in [0.29, 0.717) is 17.8 Å². The molecule has 4 saturated carbocycles. The van der Waals surface area contributed by atoms with E-state index in [2.05, 4.69) is 34.6 Å². The Labute approximate surface area is 197 Å². The van der Waals surface area contributed by atoms with E-state index in [-0.39, 0.29) is 17.5 Å². The van der Waals surface area contributed by atoms with Crippen LogP contribution in [0.25, 0.3) is 0 Å². The van der Waals surface area contributed by atoms with Crippen LogP contribution in [0.4, 0.5) is 0 Å². The minimum absolute atomic E-state index is 0.0190. The molecule has 4 fully saturated rings. The van der Waals surface area contributed by atoms with Gasteiger partial charge in [-0.3, -0.25) is 4.79 Å². The molecule has 4 aliphatic carbocycles. The maximum atomic E-state index is 11.9. The highest BCUT2D eigenvalue weighted by molar-refractivity contribution is 5.66. The van der Waals surface area contributed by atoms with Gasteiger partial charge >= 0.3 is 5.97 Å². The third kappa shape index (κ3) is 4.07. The van der Waals surface area contributed by atoms with Gasteiger partial charge in [-0.1, -0.05) is 53.9 Å². The predicted molar refractivity (Wildman–Crippen MR) is 130 cm³/mol. The van der Waals surface area contributed by atoms with Crippen molar-refractivity contribution in [1.29, 1.82) is 0 Å². The van der Waals surface area contributed by atoms with Gasteiger partial charge in [0.1, 0.15) is 6.10 Å². The molecule has 184 valence electrons. The normalized spacial score (nSPS) is 46.8. The lowest BCUT2D eigenvalue weighted by Gasteiger charge is -2.64. The van der Waals surface area contributed by atoms with Crippen molar-refractivity contribution in [2.75, 3.05) is 0 Å². The fraction of sp³-hybridized carbons (Fsp3) is 0.966. The van der Waals surface area contributed by atoms with Gasteiger partial charge in [0.05, 0.1) is 5.60 Å². The van der Waals surface area contributed by atoms with Gasteiger partial charge in [-0.15, -0.1) is 0 Å². The number of carbonyl (C=O) groups excluding carboxylic acids is 1. The molecule has 1 N–H and O–H groups in total. The molecule has 4 aliphatic rings. The van der Waals surface area contributed by atoms with Gasteiger partial charge < -0.3 is 9.84 Å². The third-order valence-corrected chi connectivity index (χ3v) is 11.3. The average molecular weight is 447 g/mol. The van der Waals surface area contributed by atoms with Crippen LogP contribution in [0.3, 0.4) is 0 Å². The Hall–Kier alpha value is -0.570. The van der Waals surface area contributed by atoms with Gasteiger partial charge in [0, 0.05) is 13.3 Å². The highest BCUT2D eigenvalue weighted by Gasteiger charge is 2.64. The molecule has 0 heterocycles. The molecular weight excluding hydrogens is 396 g/mol. The minimum Gasteiger partial charge on any atom is -0.462 e. The Morgan fingerprint density at radius 3 is 2.41 bits per heavy atom. The summed E-state index contributed by atoms with van der Waals surface area (Å²) in [6, 6.07) is 0. The summed E-state index contributed by atoms with van der Waals surface area (Å²) in [6.07, 6.45) is 14.1. The topological polar surface area (TPSA) is 46.5 Å². The molecule has 0 aromatic rings. The Kier molecular flexibility index (Phi) is 6.83. The van der Waals surface area contributed by atoms with Gasteiger partial charge in [0.15, 0.2) is 0 Å². The van der Waals surface area contributed by atoms with Crippen LogP contribution in [0.5, 0.6) is 0 Å². The standard InChI is InChI=1S/C29H50O3/c1-19(2)8-7-9-20(3)24-10-11-25-23-13-17-29(31)18-22(32-21(4)30)12-16-28(29,6)26(23)14-15-27(24,25)5/h19-20,22-26,31H,7-18H2,1-6H3/t20-,22+,23-,24+,25-,26-,27+,28-,29-/m1/s1. The second kappa shape index (κ2) is 8.90. The second-order valence-electron chi connectivity index (χ2n) is 13.4. The molecule has 4 rings (SSSR count). The van der Waals surface area contributed by atoms with Crippen molar-refractivity contribution in [3.8, 4) is 0 Å². The fourth-order valence-electron chi connectivity index (χ4n) is 9.57. The average Bonchev–Trinajstić information content (AvgIpc) is 3.05. The van der Waals surface area contributed by atoms with E-state index in [0.717, 1.165) is 55.3 Å². The van der Waals surface area contributed by atoms with E-state index < -0.39 is 5.60 Å². The highest BCUT2D eigenvalue weighted by Crippen LogP contribution is 2.69. The summed E-state index contributed by atoms with van der Waals surface area (Å²) in [6.45, 7) is 13.8. The SMILES string of the molecule is CC(=O)O[C@H]1CC[C@]2(C)[C@@H]3CC[C@]4(C)[C@H](CC[C@H]4[C@H](C)CCCC(C)C)[C@H]3CC[C@@]2(O)C1. The number of hydrogen-bond acceptors (Lipinski definition) is 3. The summed E-state index contributed by atoms with van der Waals surface area (Å²) in [5, 5.41) is 11.9. The first kappa shape index (κ1) is 24.6. The Balaban J connectivity index is 1.47.